The molecule has 0 radical (unpaired) electrons. The third-order valence-electron chi connectivity index (χ3n) is 3.37. The van der Waals surface area contributed by atoms with Crippen molar-refractivity contribution in [3.63, 3.8) is 0 Å². The Kier molecular flexibility index (Phi) is 3.55. The van der Waals surface area contributed by atoms with Crippen molar-refractivity contribution in [2.75, 3.05) is 0 Å². The topological polar surface area (TPSA) is 20.2 Å². The highest BCUT2D eigenvalue weighted by Crippen LogP contribution is 2.33. The molecule has 0 bridgehead atoms. The smallest absolute Gasteiger partial charge is 0.123 e. The fourth-order valence-corrected chi connectivity index (χ4v) is 2.84. The normalized spacial score (nSPS) is 12.6. The molecule has 0 aliphatic rings. The Morgan fingerprint density at radius 1 is 0.900 bits per heavy atom. The molecule has 0 saturated carbocycles. The van der Waals surface area contributed by atoms with Gasteiger partial charge >= 0.3 is 0 Å². The van der Waals surface area contributed by atoms with Gasteiger partial charge in [-0.25, -0.2) is 4.39 Å². The van der Waals surface area contributed by atoms with Gasteiger partial charge in [-0.3, -0.25) is 0 Å². The molecule has 0 aromatic heterocycles. The van der Waals surface area contributed by atoms with Crippen LogP contribution in [0.5, 0.6) is 0 Å². The quantitative estimate of drug-likeness (QED) is 0.714. The number of rotatable bonds is 2. The summed E-state index contributed by atoms with van der Waals surface area (Å²) < 4.78 is 14.1. The maximum Gasteiger partial charge on any atom is 0.123 e. The first-order valence-electron chi connectivity index (χ1n) is 6.27. The van der Waals surface area contributed by atoms with E-state index in [4.69, 9.17) is 0 Å². The molecule has 3 aromatic rings. The van der Waals surface area contributed by atoms with Crippen LogP contribution in [0.3, 0.4) is 0 Å². The molecule has 3 rings (SSSR count). The summed E-state index contributed by atoms with van der Waals surface area (Å²) in [6.45, 7) is 0. The van der Waals surface area contributed by atoms with Gasteiger partial charge < -0.3 is 5.11 Å². The summed E-state index contributed by atoms with van der Waals surface area (Å²) >= 11 is 3.37. The van der Waals surface area contributed by atoms with E-state index in [-0.39, 0.29) is 5.82 Å². The Labute approximate surface area is 124 Å². The molecule has 3 aromatic carbocycles. The molecule has 0 spiro atoms. The van der Waals surface area contributed by atoms with Gasteiger partial charge in [-0.05, 0) is 34.5 Å². The van der Waals surface area contributed by atoms with E-state index in [1.807, 2.05) is 42.5 Å². The minimum atomic E-state index is -0.869. The lowest BCUT2D eigenvalue weighted by Crippen LogP contribution is -2.02. The largest absolute Gasteiger partial charge is 0.384 e. The standard InChI is InChI=1S/C17H12BrFO/c18-16-9-8-12(19)10-15(16)17(20)14-7-3-5-11-4-1-2-6-13(11)14/h1-10,17,20H. The second-order valence-corrected chi connectivity index (χ2v) is 5.49. The van der Waals surface area contributed by atoms with Crippen molar-refractivity contribution in [3.05, 3.63) is 82.1 Å². The summed E-state index contributed by atoms with van der Waals surface area (Å²) in [6.07, 6.45) is -0.869. The van der Waals surface area contributed by atoms with E-state index < -0.39 is 6.10 Å². The Morgan fingerprint density at radius 2 is 1.65 bits per heavy atom. The van der Waals surface area contributed by atoms with Crippen LogP contribution in [-0.2, 0) is 0 Å². The van der Waals surface area contributed by atoms with Crippen LogP contribution in [0.4, 0.5) is 4.39 Å². The minimum absolute atomic E-state index is 0.359. The molecule has 0 heterocycles. The fourth-order valence-electron chi connectivity index (χ4n) is 2.38. The van der Waals surface area contributed by atoms with Crippen molar-refractivity contribution < 1.29 is 9.50 Å². The summed E-state index contributed by atoms with van der Waals surface area (Å²) in [6, 6.07) is 17.9. The monoisotopic (exact) mass is 330 g/mol. The number of hydrogen-bond acceptors (Lipinski definition) is 1. The molecule has 1 atom stereocenters. The Morgan fingerprint density at radius 3 is 2.50 bits per heavy atom. The van der Waals surface area contributed by atoms with Crippen LogP contribution in [-0.4, -0.2) is 5.11 Å². The lowest BCUT2D eigenvalue weighted by Gasteiger charge is -2.16. The van der Waals surface area contributed by atoms with Crippen LogP contribution in [0.25, 0.3) is 10.8 Å². The summed E-state index contributed by atoms with van der Waals surface area (Å²) in [5, 5.41) is 12.6. The first kappa shape index (κ1) is 13.3. The zero-order valence-corrected chi connectivity index (χ0v) is 12.1. The third-order valence-corrected chi connectivity index (χ3v) is 4.09. The van der Waals surface area contributed by atoms with Gasteiger partial charge in [-0.2, -0.15) is 0 Å². The maximum atomic E-state index is 13.4. The van der Waals surface area contributed by atoms with E-state index in [9.17, 15) is 9.50 Å². The molecule has 0 saturated heterocycles. The number of aliphatic hydroxyl groups is 1. The number of hydrogen-bond donors (Lipinski definition) is 1. The summed E-state index contributed by atoms with van der Waals surface area (Å²) in [4.78, 5) is 0. The summed E-state index contributed by atoms with van der Waals surface area (Å²) in [5.41, 5.74) is 1.30. The van der Waals surface area contributed by atoms with Gasteiger partial charge in [-0.1, -0.05) is 58.4 Å². The molecule has 0 aliphatic carbocycles. The van der Waals surface area contributed by atoms with Gasteiger partial charge in [0.25, 0.3) is 0 Å². The van der Waals surface area contributed by atoms with Crippen molar-refractivity contribution in [2.45, 2.75) is 6.10 Å². The van der Waals surface area contributed by atoms with Gasteiger partial charge in [0.05, 0.1) is 0 Å². The molecular formula is C17H12BrFO. The van der Waals surface area contributed by atoms with E-state index in [0.717, 1.165) is 16.3 Å². The van der Waals surface area contributed by atoms with E-state index in [1.165, 1.54) is 12.1 Å². The molecule has 20 heavy (non-hydrogen) atoms. The SMILES string of the molecule is OC(c1cc(F)ccc1Br)c1cccc2ccccc12. The molecule has 1 nitrogen and oxygen atoms in total. The predicted molar refractivity (Wildman–Crippen MR) is 82.1 cm³/mol. The number of halogens is 2. The van der Waals surface area contributed by atoms with Gasteiger partial charge in [0.1, 0.15) is 11.9 Å². The molecule has 3 heteroatoms. The van der Waals surface area contributed by atoms with Crippen LogP contribution in [0.2, 0.25) is 0 Å². The Hall–Kier alpha value is -1.71. The third kappa shape index (κ3) is 2.35. The van der Waals surface area contributed by atoms with Gasteiger partial charge in [-0.15, -0.1) is 0 Å². The van der Waals surface area contributed by atoms with Crippen molar-refractivity contribution in [2.24, 2.45) is 0 Å². The zero-order chi connectivity index (χ0) is 14.1. The van der Waals surface area contributed by atoms with Crippen LogP contribution >= 0.6 is 15.9 Å². The van der Waals surface area contributed by atoms with Crippen molar-refractivity contribution in [1.29, 1.82) is 0 Å². The van der Waals surface area contributed by atoms with Crippen molar-refractivity contribution >= 4 is 26.7 Å². The molecule has 0 aliphatic heterocycles. The van der Waals surface area contributed by atoms with Crippen LogP contribution < -0.4 is 0 Å². The minimum Gasteiger partial charge on any atom is -0.384 e. The molecule has 1 unspecified atom stereocenters. The average molecular weight is 331 g/mol. The Balaban J connectivity index is 2.17. The maximum absolute atomic E-state index is 13.4. The van der Waals surface area contributed by atoms with Crippen LogP contribution in [0, 0.1) is 5.82 Å². The number of benzene rings is 3. The average Bonchev–Trinajstić information content (AvgIpc) is 2.48. The highest BCUT2D eigenvalue weighted by Gasteiger charge is 2.16. The Bertz CT molecular complexity index is 765. The molecule has 1 N–H and O–H groups in total. The van der Waals surface area contributed by atoms with Crippen molar-refractivity contribution in [1.82, 2.24) is 0 Å². The number of fused-ring (bicyclic) bond motifs is 1. The first-order valence-corrected chi connectivity index (χ1v) is 7.07. The van der Waals surface area contributed by atoms with Gasteiger partial charge in [0.15, 0.2) is 0 Å². The number of aliphatic hydroxyl groups excluding tert-OH is 1. The van der Waals surface area contributed by atoms with Crippen LogP contribution in [0.1, 0.15) is 17.2 Å². The highest BCUT2D eigenvalue weighted by atomic mass is 79.9. The first-order chi connectivity index (χ1) is 9.66. The van der Waals surface area contributed by atoms with Gasteiger partial charge in [0, 0.05) is 10.0 Å². The summed E-state index contributed by atoms with van der Waals surface area (Å²) in [5.74, 6) is -0.359. The predicted octanol–water partition coefficient (Wildman–Crippen LogP) is 4.82. The van der Waals surface area contributed by atoms with Crippen LogP contribution in [0.15, 0.2) is 65.1 Å². The van der Waals surface area contributed by atoms with Crippen molar-refractivity contribution in [3.8, 4) is 0 Å². The van der Waals surface area contributed by atoms with E-state index in [1.54, 1.807) is 6.07 Å². The molecular weight excluding hydrogens is 319 g/mol. The highest BCUT2D eigenvalue weighted by molar-refractivity contribution is 9.10. The lowest BCUT2D eigenvalue weighted by molar-refractivity contribution is 0.220. The molecule has 0 amide bonds. The fraction of sp³-hybridized carbons (Fsp3) is 0.0588. The van der Waals surface area contributed by atoms with E-state index >= 15 is 0 Å². The van der Waals surface area contributed by atoms with E-state index in [0.29, 0.717) is 10.0 Å². The second-order valence-electron chi connectivity index (χ2n) is 4.64. The zero-order valence-electron chi connectivity index (χ0n) is 10.6. The van der Waals surface area contributed by atoms with Gasteiger partial charge in [0.2, 0.25) is 0 Å². The van der Waals surface area contributed by atoms with E-state index in [2.05, 4.69) is 15.9 Å². The molecule has 0 fully saturated rings. The molecule has 100 valence electrons. The second kappa shape index (κ2) is 5.35. The summed E-state index contributed by atoms with van der Waals surface area (Å²) in [7, 11) is 0. The lowest BCUT2D eigenvalue weighted by atomic mass is 9.96.